The van der Waals surface area contributed by atoms with Crippen LogP contribution >= 0.6 is 12.4 Å². The van der Waals surface area contributed by atoms with Gasteiger partial charge in [-0.05, 0) is 38.4 Å². The van der Waals surface area contributed by atoms with E-state index in [1.165, 1.54) is 12.1 Å². The molecule has 0 radical (unpaired) electrons. The molecule has 3 rings (SSSR count). The molecule has 1 aromatic carbocycles. The number of anilines is 1. The first-order valence-corrected chi connectivity index (χ1v) is 8.69. The highest BCUT2D eigenvalue weighted by molar-refractivity contribution is 5.85. The van der Waals surface area contributed by atoms with Crippen LogP contribution < -0.4 is 15.0 Å². The van der Waals surface area contributed by atoms with Crippen LogP contribution in [0.1, 0.15) is 19.8 Å². The molecule has 2 heterocycles. The van der Waals surface area contributed by atoms with Crippen molar-refractivity contribution in [3.63, 3.8) is 0 Å². The maximum absolute atomic E-state index is 13.4. The SMILES string of the molecule is COc1cc(F)ccc1N1CCN(C(=O)[C@H]2CCN[C@@H](C)C2)CC1.Cl. The number of hydrogen-bond donors (Lipinski definition) is 1. The summed E-state index contributed by atoms with van der Waals surface area (Å²) in [6.45, 7) is 5.96. The monoisotopic (exact) mass is 371 g/mol. The maximum Gasteiger partial charge on any atom is 0.225 e. The van der Waals surface area contributed by atoms with Crippen molar-refractivity contribution in [1.29, 1.82) is 0 Å². The van der Waals surface area contributed by atoms with Crippen LogP contribution in [0.3, 0.4) is 0 Å². The molecule has 0 bridgehead atoms. The predicted molar refractivity (Wildman–Crippen MR) is 99.2 cm³/mol. The molecule has 1 amide bonds. The van der Waals surface area contributed by atoms with Crippen LogP contribution in [-0.4, -0.2) is 56.7 Å². The number of piperidine rings is 1. The van der Waals surface area contributed by atoms with E-state index in [1.807, 2.05) is 4.90 Å². The Morgan fingerprint density at radius 2 is 2.00 bits per heavy atom. The number of halogens is 2. The van der Waals surface area contributed by atoms with Crippen LogP contribution in [0.5, 0.6) is 5.75 Å². The summed E-state index contributed by atoms with van der Waals surface area (Å²) in [4.78, 5) is 16.9. The highest BCUT2D eigenvalue weighted by Gasteiger charge is 2.30. The number of nitrogens with zero attached hydrogens (tertiary/aromatic N) is 2. The van der Waals surface area contributed by atoms with Gasteiger partial charge in [0.2, 0.25) is 5.91 Å². The Labute approximate surface area is 154 Å². The third kappa shape index (κ3) is 4.55. The number of carbonyl (C=O) groups excluding carboxylic acids is 1. The summed E-state index contributed by atoms with van der Waals surface area (Å²) in [5, 5.41) is 3.39. The smallest absolute Gasteiger partial charge is 0.225 e. The molecule has 5 nitrogen and oxygen atoms in total. The third-order valence-corrected chi connectivity index (χ3v) is 5.05. The second-order valence-electron chi connectivity index (χ2n) is 6.70. The van der Waals surface area contributed by atoms with Crippen molar-refractivity contribution < 1.29 is 13.9 Å². The zero-order valence-corrected chi connectivity index (χ0v) is 15.7. The van der Waals surface area contributed by atoms with Gasteiger partial charge in [-0.1, -0.05) is 0 Å². The van der Waals surface area contributed by atoms with Crippen LogP contribution in [0.2, 0.25) is 0 Å². The van der Waals surface area contributed by atoms with E-state index in [0.29, 0.717) is 24.9 Å². The topological polar surface area (TPSA) is 44.8 Å². The zero-order valence-electron chi connectivity index (χ0n) is 14.8. The van der Waals surface area contributed by atoms with Gasteiger partial charge in [0.15, 0.2) is 0 Å². The first-order valence-electron chi connectivity index (χ1n) is 8.69. The van der Waals surface area contributed by atoms with Gasteiger partial charge < -0.3 is 19.9 Å². The Morgan fingerprint density at radius 3 is 2.64 bits per heavy atom. The van der Waals surface area contributed by atoms with E-state index < -0.39 is 0 Å². The van der Waals surface area contributed by atoms with Crippen molar-refractivity contribution in [3.05, 3.63) is 24.0 Å². The minimum Gasteiger partial charge on any atom is -0.494 e. The van der Waals surface area contributed by atoms with Crippen molar-refractivity contribution in [2.24, 2.45) is 5.92 Å². The second-order valence-corrected chi connectivity index (χ2v) is 6.70. The number of rotatable bonds is 3. The van der Waals surface area contributed by atoms with Gasteiger partial charge in [0.05, 0.1) is 12.8 Å². The summed E-state index contributed by atoms with van der Waals surface area (Å²) in [6, 6.07) is 5.02. The Kier molecular flexibility index (Phi) is 6.90. The molecular formula is C18H27ClFN3O2. The Morgan fingerprint density at radius 1 is 1.28 bits per heavy atom. The summed E-state index contributed by atoms with van der Waals surface area (Å²) in [5.74, 6) is 0.675. The van der Waals surface area contributed by atoms with Gasteiger partial charge in [-0.2, -0.15) is 0 Å². The molecule has 1 N–H and O–H groups in total. The second kappa shape index (κ2) is 8.72. The molecule has 2 aliphatic rings. The fourth-order valence-electron chi connectivity index (χ4n) is 3.69. The number of nitrogens with one attached hydrogen (secondary N) is 1. The summed E-state index contributed by atoms with van der Waals surface area (Å²) < 4.78 is 18.6. The summed E-state index contributed by atoms with van der Waals surface area (Å²) in [6.07, 6.45) is 1.85. The van der Waals surface area contributed by atoms with Crippen molar-refractivity contribution in [2.45, 2.75) is 25.8 Å². The van der Waals surface area contributed by atoms with Crippen LogP contribution in [0.25, 0.3) is 0 Å². The predicted octanol–water partition coefficient (Wildman–Crippen LogP) is 2.29. The Balaban J connectivity index is 0.00000225. The molecule has 2 saturated heterocycles. The normalized spacial score (nSPS) is 23.8. The third-order valence-electron chi connectivity index (χ3n) is 5.05. The van der Waals surface area contributed by atoms with Gasteiger partial charge in [0, 0.05) is 44.2 Å². The van der Waals surface area contributed by atoms with Crippen molar-refractivity contribution >= 4 is 24.0 Å². The number of amides is 1. The maximum atomic E-state index is 13.4. The molecule has 0 spiro atoms. The van der Waals surface area contributed by atoms with Crippen LogP contribution in [0.4, 0.5) is 10.1 Å². The van der Waals surface area contributed by atoms with Crippen molar-refractivity contribution in [1.82, 2.24) is 10.2 Å². The molecule has 140 valence electrons. The van der Waals surface area contributed by atoms with E-state index in [9.17, 15) is 9.18 Å². The molecule has 7 heteroatoms. The number of carbonyl (C=O) groups is 1. The lowest BCUT2D eigenvalue weighted by atomic mass is 9.92. The molecule has 2 aliphatic heterocycles. The molecule has 2 atom stereocenters. The van der Waals surface area contributed by atoms with E-state index in [-0.39, 0.29) is 30.0 Å². The molecule has 1 aromatic rings. The van der Waals surface area contributed by atoms with Crippen LogP contribution in [-0.2, 0) is 4.79 Å². The van der Waals surface area contributed by atoms with E-state index >= 15 is 0 Å². The highest BCUT2D eigenvalue weighted by atomic mass is 35.5. The van der Waals surface area contributed by atoms with Gasteiger partial charge in [-0.3, -0.25) is 4.79 Å². The van der Waals surface area contributed by atoms with Gasteiger partial charge in [0.1, 0.15) is 11.6 Å². The largest absolute Gasteiger partial charge is 0.494 e. The van der Waals surface area contributed by atoms with Crippen LogP contribution in [0, 0.1) is 11.7 Å². The average molecular weight is 372 g/mol. The van der Waals surface area contributed by atoms with Crippen molar-refractivity contribution in [2.75, 3.05) is 44.7 Å². The Bertz CT molecular complexity index is 594. The van der Waals surface area contributed by atoms with Gasteiger partial charge >= 0.3 is 0 Å². The van der Waals surface area contributed by atoms with Gasteiger partial charge in [0.25, 0.3) is 0 Å². The number of benzene rings is 1. The minimum absolute atomic E-state index is 0. The lowest BCUT2D eigenvalue weighted by Crippen LogP contribution is -2.52. The fourth-order valence-corrected chi connectivity index (χ4v) is 3.69. The minimum atomic E-state index is -0.301. The van der Waals surface area contributed by atoms with Gasteiger partial charge in [-0.25, -0.2) is 4.39 Å². The Hall–Kier alpha value is -1.53. The van der Waals surface area contributed by atoms with Crippen molar-refractivity contribution in [3.8, 4) is 5.75 Å². The average Bonchev–Trinajstić information content (AvgIpc) is 2.61. The number of hydrogen-bond acceptors (Lipinski definition) is 4. The quantitative estimate of drug-likeness (QED) is 0.885. The lowest BCUT2D eigenvalue weighted by molar-refractivity contribution is -0.137. The molecule has 0 saturated carbocycles. The molecule has 0 aliphatic carbocycles. The van der Waals surface area contributed by atoms with E-state index in [1.54, 1.807) is 13.2 Å². The molecule has 0 unspecified atom stereocenters. The fraction of sp³-hybridized carbons (Fsp3) is 0.611. The molecule has 25 heavy (non-hydrogen) atoms. The highest BCUT2D eigenvalue weighted by Crippen LogP contribution is 2.30. The standard InChI is InChI=1S/C18H26FN3O2.ClH/c1-13-11-14(5-6-20-13)18(23)22-9-7-21(8-10-22)16-4-3-15(19)12-17(16)24-2;/h3-4,12-14,20H,5-11H2,1-2H3;1H/t13-,14-;/m0./s1. The first-order chi connectivity index (χ1) is 11.6. The number of piperazine rings is 1. The van der Waals surface area contributed by atoms with Crippen LogP contribution in [0.15, 0.2) is 18.2 Å². The number of ether oxygens (including phenoxy) is 1. The summed E-state index contributed by atoms with van der Waals surface area (Å²) >= 11 is 0. The van der Waals surface area contributed by atoms with E-state index in [4.69, 9.17) is 4.74 Å². The molecular weight excluding hydrogens is 345 g/mol. The van der Waals surface area contributed by atoms with E-state index in [2.05, 4.69) is 17.1 Å². The number of methoxy groups -OCH3 is 1. The first kappa shape index (κ1) is 19.8. The zero-order chi connectivity index (χ0) is 17.1. The molecule has 0 aromatic heterocycles. The van der Waals surface area contributed by atoms with E-state index in [0.717, 1.165) is 38.2 Å². The summed E-state index contributed by atoms with van der Waals surface area (Å²) in [7, 11) is 1.55. The molecule has 2 fully saturated rings. The van der Waals surface area contributed by atoms with Gasteiger partial charge in [-0.15, -0.1) is 12.4 Å². The lowest BCUT2D eigenvalue weighted by Gasteiger charge is -2.39. The summed E-state index contributed by atoms with van der Waals surface area (Å²) in [5.41, 5.74) is 0.890.